The Morgan fingerprint density at radius 2 is 2.33 bits per heavy atom. The molecule has 1 aliphatic heterocycles. The Labute approximate surface area is 122 Å². The van der Waals surface area contributed by atoms with E-state index in [4.69, 9.17) is 4.52 Å². The van der Waals surface area contributed by atoms with Crippen molar-refractivity contribution in [3.8, 4) is 11.3 Å². The van der Waals surface area contributed by atoms with Gasteiger partial charge in [0.2, 0.25) is 0 Å². The first-order valence-electron chi connectivity index (χ1n) is 7.46. The number of carbonyl (C=O) groups is 1. The van der Waals surface area contributed by atoms with Crippen molar-refractivity contribution in [3.63, 3.8) is 0 Å². The van der Waals surface area contributed by atoms with Gasteiger partial charge in [0.15, 0.2) is 0 Å². The van der Waals surface area contributed by atoms with Crippen LogP contribution in [0.3, 0.4) is 0 Å². The zero-order valence-corrected chi connectivity index (χ0v) is 11.9. The normalized spacial score (nSPS) is 18.9. The summed E-state index contributed by atoms with van der Waals surface area (Å²) in [6.45, 7) is 2.55. The SMILES string of the molecule is CCNC(=O)N1c2ccccc2-c2noc3c2C1CCC3. The Morgan fingerprint density at radius 1 is 1.48 bits per heavy atom. The molecule has 108 valence electrons. The topological polar surface area (TPSA) is 58.4 Å². The van der Waals surface area contributed by atoms with E-state index in [0.29, 0.717) is 6.54 Å². The number of urea groups is 1. The molecule has 1 atom stereocenters. The number of hydrogen-bond acceptors (Lipinski definition) is 3. The number of rotatable bonds is 1. The van der Waals surface area contributed by atoms with Gasteiger partial charge in [0.05, 0.1) is 11.7 Å². The van der Waals surface area contributed by atoms with Crippen LogP contribution in [-0.4, -0.2) is 17.7 Å². The number of aryl methyl sites for hydroxylation is 1. The summed E-state index contributed by atoms with van der Waals surface area (Å²) >= 11 is 0. The first-order chi connectivity index (χ1) is 10.3. The number of benzene rings is 1. The maximum atomic E-state index is 12.6. The molecule has 4 rings (SSSR count). The summed E-state index contributed by atoms with van der Waals surface area (Å²) < 4.78 is 5.52. The standard InChI is InChI=1S/C16H17N3O2/c1-2-17-16(20)19-11-7-4-3-6-10(11)15-14-12(19)8-5-9-13(14)21-18-15/h3-4,6-7,12H,2,5,8-9H2,1H3,(H,17,20). The Bertz CT molecular complexity index is 707. The highest BCUT2D eigenvalue weighted by Crippen LogP contribution is 2.49. The van der Waals surface area contributed by atoms with Crippen LogP contribution in [0.5, 0.6) is 0 Å². The van der Waals surface area contributed by atoms with E-state index in [1.54, 1.807) is 0 Å². The van der Waals surface area contributed by atoms with Crippen molar-refractivity contribution in [1.29, 1.82) is 0 Å². The third-order valence-electron chi connectivity index (χ3n) is 4.29. The summed E-state index contributed by atoms with van der Waals surface area (Å²) in [5.74, 6) is 0.935. The van der Waals surface area contributed by atoms with Gasteiger partial charge in [0.25, 0.3) is 0 Å². The molecule has 0 saturated carbocycles. The number of hydrogen-bond donors (Lipinski definition) is 1. The van der Waals surface area contributed by atoms with Gasteiger partial charge >= 0.3 is 6.03 Å². The Hall–Kier alpha value is -2.30. The van der Waals surface area contributed by atoms with E-state index >= 15 is 0 Å². The molecule has 21 heavy (non-hydrogen) atoms. The summed E-state index contributed by atoms with van der Waals surface area (Å²) in [7, 11) is 0. The van der Waals surface area contributed by atoms with E-state index in [9.17, 15) is 4.79 Å². The van der Waals surface area contributed by atoms with Crippen molar-refractivity contribution >= 4 is 11.7 Å². The summed E-state index contributed by atoms with van der Waals surface area (Å²) in [6.07, 6.45) is 2.88. The molecule has 5 heteroatoms. The van der Waals surface area contributed by atoms with E-state index in [-0.39, 0.29) is 12.1 Å². The second-order valence-corrected chi connectivity index (χ2v) is 5.50. The van der Waals surface area contributed by atoms with Gasteiger partial charge in [-0.25, -0.2) is 4.79 Å². The smallest absolute Gasteiger partial charge is 0.322 e. The second kappa shape index (κ2) is 4.62. The average Bonchev–Trinajstić information content (AvgIpc) is 2.94. The number of carbonyl (C=O) groups excluding carboxylic acids is 1. The van der Waals surface area contributed by atoms with E-state index in [2.05, 4.69) is 10.5 Å². The van der Waals surface area contributed by atoms with Crippen molar-refractivity contribution in [3.05, 3.63) is 35.6 Å². The number of para-hydroxylation sites is 1. The third-order valence-corrected chi connectivity index (χ3v) is 4.29. The van der Waals surface area contributed by atoms with Crippen molar-refractivity contribution in [2.45, 2.75) is 32.2 Å². The predicted molar refractivity (Wildman–Crippen MR) is 79.2 cm³/mol. The van der Waals surface area contributed by atoms with Crippen LogP contribution >= 0.6 is 0 Å². The Kier molecular flexibility index (Phi) is 2.74. The van der Waals surface area contributed by atoms with Gasteiger partial charge < -0.3 is 9.84 Å². The van der Waals surface area contributed by atoms with Crippen LogP contribution in [0.4, 0.5) is 10.5 Å². The lowest BCUT2D eigenvalue weighted by atomic mass is 9.84. The van der Waals surface area contributed by atoms with E-state index in [1.165, 1.54) is 0 Å². The molecule has 0 fully saturated rings. The monoisotopic (exact) mass is 283 g/mol. The molecule has 0 radical (unpaired) electrons. The van der Waals surface area contributed by atoms with Crippen LogP contribution in [0.25, 0.3) is 11.3 Å². The summed E-state index contributed by atoms with van der Waals surface area (Å²) in [4.78, 5) is 14.4. The highest BCUT2D eigenvalue weighted by Gasteiger charge is 2.40. The largest absolute Gasteiger partial charge is 0.360 e. The molecule has 0 saturated heterocycles. The lowest BCUT2D eigenvalue weighted by Crippen LogP contribution is -2.44. The maximum Gasteiger partial charge on any atom is 0.322 e. The summed E-state index contributed by atoms with van der Waals surface area (Å²) in [6, 6.07) is 7.91. The minimum Gasteiger partial charge on any atom is -0.360 e. The molecule has 0 spiro atoms. The van der Waals surface area contributed by atoms with Crippen LogP contribution in [0.2, 0.25) is 0 Å². The number of nitrogens with one attached hydrogen (secondary N) is 1. The van der Waals surface area contributed by atoms with Gasteiger partial charge in [0, 0.05) is 24.1 Å². The molecule has 1 aliphatic carbocycles. The zero-order chi connectivity index (χ0) is 14.4. The molecular weight excluding hydrogens is 266 g/mol. The van der Waals surface area contributed by atoms with E-state index < -0.39 is 0 Å². The first-order valence-corrected chi connectivity index (χ1v) is 7.46. The molecule has 0 bridgehead atoms. The van der Waals surface area contributed by atoms with Crippen molar-refractivity contribution < 1.29 is 9.32 Å². The number of anilines is 1. The van der Waals surface area contributed by atoms with Gasteiger partial charge in [-0.1, -0.05) is 23.4 Å². The summed E-state index contributed by atoms with van der Waals surface area (Å²) in [5.41, 5.74) is 3.91. The van der Waals surface area contributed by atoms with Crippen LogP contribution in [0, 0.1) is 0 Å². The maximum absolute atomic E-state index is 12.6. The van der Waals surface area contributed by atoms with E-state index in [1.807, 2.05) is 36.1 Å². The van der Waals surface area contributed by atoms with Gasteiger partial charge in [-0.05, 0) is 25.8 Å². The van der Waals surface area contributed by atoms with Crippen LogP contribution < -0.4 is 10.2 Å². The van der Waals surface area contributed by atoms with Crippen molar-refractivity contribution in [2.24, 2.45) is 0 Å². The van der Waals surface area contributed by atoms with Crippen LogP contribution in [0.1, 0.15) is 37.1 Å². The fourth-order valence-electron chi connectivity index (χ4n) is 3.45. The third kappa shape index (κ3) is 1.70. The van der Waals surface area contributed by atoms with Crippen LogP contribution in [-0.2, 0) is 6.42 Å². The molecule has 2 amide bonds. The number of nitrogens with zero attached hydrogens (tertiary/aromatic N) is 2. The van der Waals surface area contributed by atoms with E-state index in [0.717, 1.165) is 47.5 Å². The van der Waals surface area contributed by atoms with Gasteiger partial charge in [-0.3, -0.25) is 4.90 Å². The highest BCUT2D eigenvalue weighted by molar-refractivity contribution is 5.99. The van der Waals surface area contributed by atoms with Crippen LogP contribution in [0.15, 0.2) is 28.8 Å². The minimum absolute atomic E-state index is 0.0384. The fraction of sp³-hybridized carbons (Fsp3) is 0.375. The Morgan fingerprint density at radius 3 is 3.19 bits per heavy atom. The molecule has 2 aliphatic rings. The van der Waals surface area contributed by atoms with Crippen molar-refractivity contribution in [2.75, 3.05) is 11.4 Å². The predicted octanol–water partition coefficient (Wildman–Crippen LogP) is 3.27. The molecular formula is C16H17N3O2. The molecule has 2 heterocycles. The summed E-state index contributed by atoms with van der Waals surface area (Å²) in [5, 5.41) is 7.19. The fourth-order valence-corrected chi connectivity index (χ4v) is 3.45. The van der Waals surface area contributed by atoms with Gasteiger partial charge in [0.1, 0.15) is 11.5 Å². The minimum atomic E-state index is -0.0466. The quantitative estimate of drug-likeness (QED) is 0.873. The first kappa shape index (κ1) is 12.4. The molecule has 1 N–H and O–H groups in total. The molecule has 1 aromatic heterocycles. The molecule has 1 unspecified atom stereocenters. The molecule has 2 aromatic rings. The highest BCUT2D eigenvalue weighted by atomic mass is 16.5. The lowest BCUT2D eigenvalue weighted by molar-refractivity contribution is 0.243. The number of amides is 2. The lowest BCUT2D eigenvalue weighted by Gasteiger charge is -2.38. The Balaban J connectivity index is 1.93. The number of fused-ring (bicyclic) bond motifs is 2. The van der Waals surface area contributed by atoms with Gasteiger partial charge in [-0.15, -0.1) is 0 Å². The average molecular weight is 283 g/mol. The number of aromatic nitrogens is 1. The second-order valence-electron chi connectivity index (χ2n) is 5.50. The molecule has 1 aromatic carbocycles. The zero-order valence-electron chi connectivity index (χ0n) is 11.9. The van der Waals surface area contributed by atoms with Crippen molar-refractivity contribution in [1.82, 2.24) is 10.5 Å². The van der Waals surface area contributed by atoms with Gasteiger partial charge in [-0.2, -0.15) is 0 Å². The molecule has 5 nitrogen and oxygen atoms in total.